The van der Waals surface area contributed by atoms with E-state index in [1.165, 1.54) is 6.42 Å². The van der Waals surface area contributed by atoms with Crippen LogP contribution in [0.5, 0.6) is 0 Å². The highest BCUT2D eigenvalue weighted by molar-refractivity contribution is 14.0. The lowest BCUT2D eigenvalue weighted by atomic mass is 10.1. The van der Waals surface area contributed by atoms with Crippen molar-refractivity contribution in [2.24, 2.45) is 10.7 Å². The fourth-order valence-corrected chi connectivity index (χ4v) is 4.91. The van der Waals surface area contributed by atoms with E-state index in [9.17, 15) is 8.42 Å². The zero-order valence-corrected chi connectivity index (χ0v) is 16.2. The van der Waals surface area contributed by atoms with Crippen LogP contribution < -0.4 is 5.73 Å². The number of nitrogens with zero attached hydrogens (tertiary/aromatic N) is 3. The topological polar surface area (TPSA) is 79.0 Å². The van der Waals surface area contributed by atoms with Crippen LogP contribution in [-0.4, -0.2) is 73.6 Å². The molecule has 0 bridgehead atoms. The van der Waals surface area contributed by atoms with Gasteiger partial charge in [0, 0.05) is 37.7 Å². The Kier molecular flexibility index (Phi) is 8.65. The second-order valence-electron chi connectivity index (χ2n) is 5.12. The number of hydrogen-bond donors (Lipinski definition) is 1. The Hall–Kier alpha value is 0.260. The first-order chi connectivity index (χ1) is 9.59. The van der Waals surface area contributed by atoms with Crippen LogP contribution in [0.2, 0.25) is 0 Å². The Balaban J connectivity index is 0.00000220. The fraction of sp³-hybridized carbons (Fsp3) is 0.917. The van der Waals surface area contributed by atoms with Crippen molar-refractivity contribution in [1.29, 1.82) is 0 Å². The average Bonchev–Trinajstić information content (AvgIpc) is 2.49. The van der Waals surface area contributed by atoms with Gasteiger partial charge in [0.25, 0.3) is 0 Å². The van der Waals surface area contributed by atoms with E-state index in [4.69, 9.17) is 5.73 Å². The monoisotopic (exact) mass is 448 g/mol. The molecule has 0 amide bonds. The van der Waals surface area contributed by atoms with Crippen molar-refractivity contribution in [1.82, 2.24) is 9.21 Å². The van der Waals surface area contributed by atoms with Gasteiger partial charge in [-0.05, 0) is 19.3 Å². The van der Waals surface area contributed by atoms with Crippen LogP contribution >= 0.6 is 35.7 Å². The van der Waals surface area contributed by atoms with Crippen LogP contribution in [0.4, 0.5) is 0 Å². The van der Waals surface area contributed by atoms with Crippen LogP contribution in [0.15, 0.2) is 4.99 Å². The van der Waals surface area contributed by atoms with Crippen molar-refractivity contribution in [2.75, 3.05) is 50.0 Å². The first-order valence-electron chi connectivity index (χ1n) is 7.20. The van der Waals surface area contributed by atoms with Gasteiger partial charge in [-0.25, -0.2) is 12.7 Å². The zero-order valence-electron chi connectivity index (χ0n) is 12.2. The van der Waals surface area contributed by atoms with Gasteiger partial charge in [0.1, 0.15) is 0 Å². The molecule has 0 radical (unpaired) electrons. The SMILES string of the molecule is I.NC(=NCCS(=O)(=O)N1CCSCC1)N1CCCCC1. The number of piperidine rings is 1. The molecule has 2 N–H and O–H groups in total. The second-order valence-corrected chi connectivity index (χ2v) is 8.43. The normalized spacial score (nSPS) is 21.9. The standard InChI is InChI=1S/C12H24N4O2S2.HI/c13-12(15-5-2-1-3-6-15)14-4-11-20(17,18)16-7-9-19-10-8-16;/h1-11H2,(H2,13,14);1H. The van der Waals surface area contributed by atoms with Gasteiger partial charge in [0.15, 0.2) is 5.96 Å². The van der Waals surface area contributed by atoms with E-state index in [1.54, 1.807) is 16.1 Å². The van der Waals surface area contributed by atoms with E-state index >= 15 is 0 Å². The summed E-state index contributed by atoms with van der Waals surface area (Å²) in [5.41, 5.74) is 5.92. The molecule has 2 aliphatic rings. The van der Waals surface area contributed by atoms with Crippen molar-refractivity contribution in [2.45, 2.75) is 19.3 Å². The Bertz CT molecular complexity index is 433. The van der Waals surface area contributed by atoms with E-state index in [0.29, 0.717) is 19.0 Å². The van der Waals surface area contributed by atoms with Crippen LogP contribution in [0.3, 0.4) is 0 Å². The van der Waals surface area contributed by atoms with Crippen molar-refractivity contribution in [3.63, 3.8) is 0 Å². The van der Waals surface area contributed by atoms with Gasteiger partial charge in [-0.15, -0.1) is 24.0 Å². The molecule has 124 valence electrons. The number of sulfonamides is 1. The van der Waals surface area contributed by atoms with Crippen molar-refractivity contribution >= 4 is 51.7 Å². The molecule has 2 aliphatic heterocycles. The van der Waals surface area contributed by atoms with E-state index in [0.717, 1.165) is 37.4 Å². The quantitative estimate of drug-likeness (QED) is 0.391. The maximum atomic E-state index is 12.1. The number of rotatable bonds is 4. The summed E-state index contributed by atoms with van der Waals surface area (Å²) in [5, 5.41) is 0. The molecule has 0 spiro atoms. The zero-order chi connectivity index (χ0) is 14.4. The number of halogens is 1. The summed E-state index contributed by atoms with van der Waals surface area (Å²) in [5.74, 6) is 2.33. The summed E-state index contributed by atoms with van der Waals surface area (Å²) in [4.78, 5) is 6.29. The lowest BCUT2D eigenvalue weighted by molar-refractivity contribution is 0.338. The third-order valence-corrected chi connectivity index (χ3v) is 6.46. The highest BCUT2D eigenvalue weighted by Gasteiger charge is 2.23. The van der Waals surface area contributed by atoms with Crippen molar-refractivity contribution < 1.29 is 8.42 Å². The molecule has 2 fully saturated rings. The molecule has 0 atom stereocenters. The maximum absolute atomic E-state index is 12.1. The molecule has 0 aliphatic carbocycles. The lowest BCUT2D eigenvalue weighted by Crippen LogP contribution is -2.42. The largest absolute Gasteiger partial charge is 0.370 e. The minimum Gasteiger partial charge on any atom is -0.370 e. The van der Waals surface area contributed by atoms with Gasteiger partial charge in [-0.1, -0.05) is 0 Å². The molecule has 9 heteroatoms. The van der Waals surface area contributed by atoms with Gasteiger partial charge in [-0.3, -0.25) is 4.99 Å². The van der Waals surface area contributed by atoms with Gasteiger partial charge in [-0.2, -0.15) is 11.8 Å². The van der Waals surface area contributed by atoms with Gasteiger partial charge < -0.3 is 10.6 Å². The molecule has 0 aromatic carbocycles. The Morgan fingerprint density at radius 3 is 2.33 bits per heavy atom. The van der Waals surface area contributed by atoms with E-state index in [-0.39, 0.29) is 36.3 Å². The summed E-state index contributed by atoms with van der Waals surface area (Å²) in [7, 11) is -3.17. The van der Waals surface area contributed by atoms with E-state index in [1.807, 2.05) is 4.90 Å². The first kappa shape index (κ1) is 19.3. The highest BCUT2D eigenvalue weighted by atomic mass is 127. The Morgan fingerprint density at radius 2 is 1.71 bits per heavy atom. The molecule has 0 aromatic heterocycles. The molecule has 2 heterocycles. The average molecular weight is 448 g/mol. The number of likely N-dealkylation sites (tertiary alicyclic amines) is 1. The van der Waals surface area contributed by atoms with E-state index in [2.05, 4.69) is 4.99 Å². The van der Waals surface area contributed by atoms with Crippen LogP contribution in [0.1, 0.15) is 19.3 Å². The van der Waals surface area contributed by atoms with Crippen molar-refractivity contribution in [3.8, 4) is 0 Å². The highest BCUT2D eigenvalue weighted by Crippen LogP contribution is 2.13. The summed E-state index contributed by atoms with van der Waals surface area (Å²) in [6.45, 7) is 3.38. The number of thioether (sulfide) groups is 1. The molecule has 0 unspecified atom stereocenters. The predicted molar refractivity (Wildman–Crippen MR) is 100 cm³/mol. The second kappa shape index (κ2) is 9.41. The maximum Gasteiger partial charge on any atom is 0.215 e. The molecular weight excluding hydrogens is 423 g/mol. The first-order valence-corrected chi connectivity index (χ1v) is 9.96. The molecular formula is C12H25IN4O2S2. The molecule has 0 aromatic rings. The lowest BCUT2D eigenvalue weighted by Gasteiger charge is -2.28. The number of nitrogens with two attached hydrogens (primary N) is 1. The molecule has 21 heavy (non-hydrogen) atoms. The van der Waals surface area contributed by atoms with E-state index < -0.39 is 10.0 Å². The predicted octanol–water partition coefficient (Wildman–Crippen LogP) is 0.784. The summed E-state index contributed by atoms with van der Waals surface area (Å²) >= 11 is 1.80. The smallest absolute Gasteiger partial charge is 0.215 e. The summed E-state index contributed by atoms with van der Waals surface area (Å²) in [6, 6.07) is 0. The fourth-order valence-electron chi connectivity index (χ4n) is 2.45. The Labute approximate surface area is 149 Å². The van der Waals surface area contributed by atoms with Crippen LogP contribution in [0.25, 0.3) is 0 Å². The third kappa shape index (κ3) is 6.11. The summed E-state index contributed by atoms with van der Waals surface area (Å²) in [6.07, 6.45) is 3.52. The number of aliphatic imine (C=N–C) groups is 1. The molecule has 6 nitrogen and oxygen atoms in total. The van der Waals surface area contributed by atoms with Gasteiger partial charge >= 0.3 is 0 Å². The van der Waals surface area contributed by atoms with Crippen molar-refractivity contribution in [3.05, 3.63) is 0 Å². The molecule has 2 saturated heterocycles. The molecule has 0 saturated carbocycles. The van der Waals surface area contributed by atoms with Crippen LogP contribution in [0, 0.1) is 0 Å². The minimum absolute atomic E-state index is 0. The number of guanidine groups is 1. The van der Waals surface area contributed by atoms with Gasteiger partial charge in [0.2, 0.25) is 10.0 Å². The number of hydrogen-bond acceptors (Lipinski definition) is 4. The molecule has 2 rings (SSSR count). The Morgan fingerprint density at radius 1 is 1.10 bits per heavy atom. The van der Waals surface area contributed by atoms with Crippen LogP contribution in [-0.2, 0) is 10.0 Å². The minimum atomic E-state index is -3.17. The summed E-state index contributed by atoms with van der Waals surface area (Å²) < 4.78 is 25.9. The third-order valence-electron chi connectivity index (χ3n) is 3.67. The van der Waals surface area contributed by atoms with Gasteiger partial charge in [0.05, 0.1) is 12.3 Å².